The van der Waals surface area contributed by atoms with Crippen LogP contribution in [0, 0.1) is 0 Å². The van der Waals surface area contributed by atoms with E-state index in [1.807, 2.05) is 0 Å². The third-order valence-corrected chi connectivity index (χ3v) is 2.51. The van der Waals surface area contributed by atoms with Crippen LogP contribution in [0.5, 0.6) is 5.75 Å². The van der Waals surface area contributed by atoms with E-state index in [1.165, 1.54) is 19.2 Å². The summed E-state index contributed by atoms with van der Waals surface area (Å²) in [5.74, 6) is 0.218. The second kappa shape index (κ2) is 4.13. The van der Waals surface area contributed by atoms with Crippen LogP contribution in [0.1, 0.15) is 5.56 Å². The normalized spacial score (nSPS) is 11.5. The van der Waals surface area contributed by atoms with Crippen molar-refractivity contribution >= 4 is 11.8 Å². The van der Waals surface area contributed by atoms with E-state index in [1.54, 1.807) is 6.26 Å². The summed E-state index contributed by atoms with van der Waals surface area (Å²) in [5, 5.41) is 0. The van der Waals surface area contributed by atoms with Gasteiger partial charge in [0.15, 0.2) is 0 Å². The Balaban J connectivity index is 3.22. The second-order valence-electron chi connectivity index (χ2n) is 2.56. The summed E-state index contributed by atoms with van der Waals surface area (Å²) in [6.45, 7) is 0. The monoisotopic (exact) mass is 222 g/mol. The number of ether oxygens (including phenoxy) is 1. The minimum absolute atomic E-state index is 0.207. The lowest BCUT2D eigenvalue weighted by Gasteiger charge is -2.12. The number of thioether (sulfide) groups is 1. The number of hydrogen-bond donors (Lipinski definition) is 0. The molecule has 0 unspecified atom stereocenters. The molecule has 0 bridgehead atoms. The fourth-order valence-electron chi connectivity index (χ4n) is 1.04. The second-order valence-corrected chi connectivity index (χ2v) is 3.41. The van der Waals surface area contributed by atoms with Crippen LogP contribution < -0.4 is 4.74 Å². The maximum Gasteiger partial charge on any atom is 0.417 e. The maximum atomic E-state index is 12.5. The van der Waals surface area contributed by atoms with Gasteiger partial charge in [0.25, 0.3) is 0 Å². The zero-order valence-electron chi connectivity index (χ0n) is 7.68. The van der Waals surface area contributed by atoms with Crippen molar-refractivity contribution in [1.29, 1.82) is 0 Å². The summed E-state index contributed by atoms with van der Waals surface area (Å²) in [4.78, 5) is 0.207. The molecule has 0 atom stereocenters. The van der Waals surface area contributed by atoms with E-state index >= 15 is 0 Å². The Morgan fingerprint density at radius 3 is 2.36 bits per heavy atom. The molecule has 5 heteroatoms. The molecule has 0 heterocycles. The lowest BCUT2D eigenvalue weighted by molar-refractivity contribution is -0.139. The number of hydrogen-bond acceptors (Lipinski definition) is 2. The Morgan fingerprint density at radius 2 is 1.93 bits per heavy atom. The summed E-state index contributed by atoms with van der Waals surface area (Å²) in [5.41, 5.74) is -0.649. The van der Waals surface area contributed by atoms with E-state index in [0.717, 1.165) is 17.8 Å². The van der Waals surface area contributed by atoms with Gasteiger partial charge in [-0.3, -0.25) is 0 Å². The van der Waals surface area contributed by atoms with Crippen LogP contribution in [0.15, 0.2) is 23.1 Å². The van der Waals surface area contributed by atoms with Gasteiger partial charge in [-0.2, -0.15) is 13.2 Å². The molecule has 0 radical (unpaired) electrons. The summed E-state index contributed by atoms with van der Waals surface area (Å²) in [6.07, 6.45) is -2.72. The van der Waals surface area contributed by atoms with E-state index in [0.29, 0.717) is 0 Å². The van der Waals surface area contributed by atoms with Crippen LogP contribution in [-0.4, -0.2) is 13.4 Å². The number of rotatable bonds is 2. The highest BCUT2D eigenvalue weighted by molar-refractivity contribution is 7.98. The van der Waals surface area contributed by atoms with E-state index in [4.69, 9.17) is 4.74 Å². The molecule has 14 heavy (non-hydrogen) atoms. The molecule has 0 aliphatic heterocycles. The zero-order chi connectivity index (χ0) is 10.8. The molecule has 0 fully saturated rings. The van der Waals surface area contributed by atoms with Crippen LogP contribution in [-0.2, 0) is 6.18 Å². The standard InChI is InChI=1S/C9H9F3OS/c1-13-6-3-4-8(14-2)7(5-6)9(10,11)12/h3-5H,1-2H3. The average Bonchev–Trinajstić information content (AvgIpc) is 2.15. The molecule has 0 spiro atoms. The maximum absolute atomic E-state index is 12.5. The fourth-order valence-corrected chi connectivity index (χ4v) is 1.63. The third-order valence-electron chi connectivity index (χ3n) is 1.71. The first-order valence-corrected chi connectivity index (χ1v) is 5.00. The molecular formula is C9H9F3OS. The number of halogens is 3. The van der Waals surface area contributed by atoms with Crippen molar-refractivity contribution in [1.82, 2.24) is 0 Å². The Labute approximate surface area is 84.3 Å². The molecule has 0 aliphatic carbocycles. The lowest BCUT2D eigenvalue weighted by Crippen LogP contribution is -2.06. The molecular weight excluding hydrogens is 213 g/mol. The Bertz CT molecular complexity index is 322. The summed E-state index contributed by atoms with van der Waals surface area (Å²) >= 11 is 1.07. The molecule has 1 rings (SSSR count). The largest absolute Gasteiger partial charge is 0.497 e. The van der Waals surface area contributed by atoms with Crippen LogP contribution in [0.3, 0.4) is 0 Å². The van der Waals surface area contributed by atoms with Gasteiger partial charge in [0.05, 0.1) is 12.7 Å². The molecule has 1 aromatic rings. The minimum atomic E-state index is -4.33. The van der Waals surface area contributed by atoms with Crippen molar-refractivity contribution < 1.29 is 17.9 Å². The van der Waals surface area contributed by atoms with Gasteiger partial charge in [0.2, 0.25) is 0 Å². The summed E-state index contributed by atoms with van der Waals surface area (Å²) in [6, 6.07) is 3.93. The highest BCUT2D eigenvalue weighted by Gasteiger charge is 2.33. The van der Waals surface area contributed by atoms with Crippen LogP contribution in [0.25, 0.3) is 0 Å². The molecule has 1 nitrogen and oxygen atoms in total. The molecule has 0 saturated carbocycles. The number of methoxy groups -OCH3 is 1. The van der Waals surface area contributed by atoms with Gasteiger partial charge < -0.3 is 4.74 Å². The van der Waals surface area contributed by atoms with Gasteiger partial charge in [0, 0.05) is 4.90 Å². The van der Waals surface area contributed by atoms with Crippen molar-refractivity contribution in [2.75, 3.05) is 13.4 Å². The van der Waals surface area contributed by atoms with Crippen molar-refractivity contribution in [3.05, 3.63) is 23.8 Å². The molecule has 0 N–H and O–H groups in total. The molecule has 0 aliphatic rings. The highest BCUT2D eigenvalue weighted by atomic mass is 32.2. The van der Waals surface area contributed by atoms with Gasteiger partial charge in [-0.15, -0.1) is 11.8 Å². The topological polar surface area (TPSA) is 9.23 Å². The summed E-state index contributed by atoms with van der Waals surface area (Å²) < 4.78 is 42.2. The average molecular weight is 222 g/mol. The quantitative estimate of drug-likeness (QED) is 0.709. The van der Waals surface area contributed by atoms with Crippen molar-refractivity contribution in [3.63, 3.8) is 0 Å². The first-order valence-electron chi connectivity index (χ1n) is 3.78. The first kappa shape index (κ1) is 11.2. The van der Waals surface area contributed by atoms with Crippen molar-refractivity contribution in [2.24, 2.45) is 0 Å². The number of benzene rings is 1. The van der Waals surface area contributed by atoms with Crippen molar-refractivity contribution in [3.8, 4) is 5.75 Å². The van der Waals surface area contributed by atoms with E-state index in [9.17, 15) is 13.2 Å². The van der Waals surface area contributed by atoms with E-state index in [2.05, 4.69) is 0 Å². The van der Waals surface area contributed by atoms with Crippen LogP contribution >= 0.6 is 11.8 Å². The Hall–Kier alpha value is -0.840. The Morgan fingerprint density at radius 1 is 1.29 bits per heavy atom. The molecule has 1 aromatic carbocycles. The molecule has 0 saturated heterocycles. The van der Waals surface area contributed by atoms with Crippen LogP contribution in [0.4, 0.5) is 13.2 Å². The van der Waals surface area contributed by atoms with Gasteiger partial charge in [-0.25, -0.2) is 0 Å². The molecule has 0 aromatic heterocycles. The third kappa shape index (κ3) is 2.35. The SMILES string of the molecule is COc1ccc(SC)c(C(F)(F)F)c1. The fraction of sp³-hybridized carbons (Fsp3) is 0.333. The van der Waals surface area contributed by atoms with Gasteiger partial charge in [0.1, 0.15) is 5.75 Å². The van der Waals surface area contributed by atoms with Gasteiger partial charge >= 0.3 is 6.18 Å². The van der Waals surface area contributed by atoms with Gasteiger partial charge in [-0.05, 0) is 24.5 Å². The zero-order valence-corrected chi connectivity index (χ0v) is 8.50. The van der Waals surface area contributed by atoms with Crippen LogP contribution in [0.2, 0.25) is 0 Å². The van der Waals surface area contributed by atoms with Gasteiger partial charge in [-0.1, -0.05) is 0 Å². The smallest absolute Gasteiger partial charge is 0.417 e. The lowest BCUT2D eigenvalue weighted by atomic mass is 10.2. The predicted octanol–water partition coefficient (Wildman–Crippen LogP) is 3.44. The highest BCUT2D eigenvalue weighted by Crippen LogP contribution is 2.37. The van der Waals surface area contributed by atoms with Crippen molar-refractivity contribution in [2.45, 2.75) is 11.1 Å². The predicted molar refractivity (Wildman–Crippen MR) is 49.8 cm³/mol. The minimum Gasteiger partial charge on any atom is -0.497 e. The first-order chi connectivity index (χ1) is 6.49. The Kier molecular flexibility index (Phi) is 3.31. The van der Waals surface area contributed by atoms with E-state index in [-0.39, 0.29) is 10.6 Å². The molecule has 0 amide bonds. The van der Waals surface area contributed by atoms with E-state index < -0.39 is 11.7 Å². The summed E-state index contributed by atoms with van der Waals surface area (Å²) in [7, 11) is 1.34. The number of alkyl halides is 3. The molecule has 78 valence electrons.